The van der Waals surface area contributed by atoms with Gasteiger partial charge in [-0.05, 0) is 31.3 Å². The number of thioether (sulfide) groups is 1. The summed E-state index contributed by atoms with van der Waals surface area (Å²) >= 11 is 3.37. The van der Waals surface area contributed by atoms with Gasteiger partial charge in [-0.1, -0.05) is 30.3 Å². The third-order valence-electron chi connectivity index (χ3n) is 4.07. The van der Waals surface area contributed by atoms with Gasteiger partial charge in [0.2, 0.25) is 0 Å². The van der Waals surface area contributed by atoms with Crippen LogP contribution in [0.25, 0.3) is 10.6 Å². The minimum atomic E-state index is -1.20. The summed E-state index contributed by atoms with van der Waals surface area (Å²) in [6.45, 7) is 2.38. The number of nitrogens with one attached hydrogen (secondary N) is 1. The smallest absolute Gasteiger partial charge is 0.252 e. The molecule has 1 saturated heterocycles. The van der Waals surface area contributed by atoms with Crippen LogP contribution in [0.15, 0.2) is 30.3 Å². The average Bonchev–Trinajstić information content (AvgIpc) is 2.95. The predicted octanol–water partition coefficient (Wildman–Crippen LogP) is 2.99. The fraction of sp³-hybridized carbons (Fsp3) is 0.412. The molecule has 0 aliphatic carbocycles. The van der Waals surface area contributed by atoms with Gasteiger partial charge in [-0.15, -0.1) is 11.3 Å². The Bertz CT molecular complexity index is 679. The van der Waals surface area contributed by atoms with Gasteiger partial charge in [0.15, 0.2) is 0 Å². The Morgan fingerprint density at radius 2 is 2.00 bits per heavy atom. The van der Waals surface area contributed by atoms with E-state index in [2.05, 4.69) is 10.3 Å². The maximum absolute atomic E-state index is 12.3. The van der Waals surface area contributed by atoms with Crippen molar-refractivity contribution in [3.8, 4) is 10.6 Å². The van der Waals surface area contributed by atoms with Gasteiger partial charge in [0.25, 0.3) is 5.91 Å². The lowest BCUT2D eigenvalue weighted by molar-refractivity contribution is -0.140. The van der Waals surface area contributed by atoms with Gasteiger partial charge in [0, 0.05) is 10.4 Å². The van der Waals surface area contributed by atoms with Crippen molar-refractivity contribution in [3.63, 3.8) is 0 Å². The van der Waals surface area contributed by atoms with Crippen LogP contribution in [-0.4, -0.2) is 33.1 Å². The van der Waals surface area contributed by atoms with E-state index in [0.29, 0.717) is 19.4 Å². The molecule has 0 bridgehead atoms. The number of aryl methyl sites for hydroxylation is 1. The van der Waals surface area contributed by atoms with E-state index < -0.39 is 5.60 Å². The minimum Gasteiger partial charge on any atom is -0.380 e. The minimum absolute atomic E-state index is 0.258. The number of aromatic nitrogens is 1. The highest BCUT2D eigenvalue weighted by Crippen LogP contribution is 2.29. The highest BCUT2D eigenvalue weighted by Gasteiger charge is 2.37. The third kappa shape index (κ3) is 3.76. The van der Waals surface area contributed by atoms with Crippen molar-refractivity contribution in [2.45, 2.75) is 31.9 Å². The summed E-state index contributed by atoms with van der Waals surface area (Å²) in [5.41, 5.74) is 0.813. The number of nitrogens with zero attached hydrogens (tertiary/aromatic N) is 1. The Morgan fingerprint density at radius 1 is 1.30 bits per heavy atom. The topological polar surface area (TPSA) is 62.2 Å². The zero-order valence-electron chi connectivity index (χ0n) is 13.0. The normalized spacial score (nSPS) is 17.0. The van der Waals surface area contributed by atoms with Gasteiger partial charge in [-0.2, -0.15) is 11.8 Å². The van der Waals surface area contributed by atoms with E-state index in [0.717, 1.165) is 32.6 Å². The van der Waals surface area contributed by atoms with Gasteiger partial charge >= 0.3 is 0 Å². The highest BCUT2D eigenvalue weighted by atomic mass is 32.2. The Balaban J connectivity index is 1.67. The molecule has 0 radical (unpaired) electrons. The molecule has 4 nitrogen and oxygen atoms in total. The first-order valence-corrected chi connectivity index (χ1v) is 9.66. The van der Waals surface area contributed by atoms with Crippen molar-refractivity contribution in [2.24, 2.45) is 0 Å². The fourth-order valence-electron chi connectivity index (χ4n) is 2.56. The molecular weight excluding hydrogens is 328 g/mol. The number of carbonyl (C=O) groups excluding carboxylic acids is 1. The van der Waals surface area contributed by atoms with E-state index in [9.17, 15) is 9.90 Å². The van der Waals surface area contributed by atoms with Crippen LogP contribution in [0.4, 0.5) is 0 Å². The molecular formula is C17H20N2O2S2. The van der Waals surface area contributed by atoms with Crippen LogP contribution in [-0.2, 0) is 11.3 Å². The fourth-order valence-corrected chi connectivity index (χ4v) is 4.73. The Kier molecular flexibility index (Phi) is 5.04. The summed E-state index contributed by atoms with van der Waals surface area (Å²) in [5.74, 6) is 1.41. The summed E-state index contributed by atoms with van der Waals surface area (Å²) in [6, 6.07) is 10.0. The average molecular weight is 348 g/mol. The van der Waals surface area contributed by atoms with Crippen molar-refractivity contribution >= 4 is 29.0 Å². The van der Waals surface area contributed by atoms with Crippen LogP contribution < -0.4 is 5.32 Å². The quantitative estimate of drug-likeness (QED) is 0.892. The van der Waals surface area contributed by atoms with E-state index in [1.807, 2.05) is 37.3 Å². The molecule has 1 aromatic carbocycles. The predicted molar refractivity (Wildman–Crippen MR) is 95.6 cm³/mol. The molecule has 0 spiro atoms. The second-order valence-electron chi connectivity index (χ2n) is 5.72. The van der Waals surface area contributed by atoms with Crippen molar-refractivity contribution in [1.82, 2.24) is 10.3 Å². The van der Waals surface area contributed by atoms with Crippen molar-refractivity contribution in [3.05, 3.63) is 40.9 Å². The number of hydrogen-bond acceptors (Lipinski definition) is 5. The van der Waals surface area contributed by atoms with Gasteiger partial charge in [0.05, 0.1) is 12.2 Å². The Hall–Kier alpha value is -1.37. The lowest BCUT2D eigenvalue weighted by Gasteiger charge is -2.30. The maximum atomic E-state index is 12.3. The van der Waals surface area contributed by atoms with Crippen LogP contribution in [0.5, 0.6) is 0 Å². The number of rotatable bonds is 4. The molecule has 3 rings (SSSR count). The van der Waals surface area contributed by atoms with E-state index in [1.54, 1.807) is 23.1 Å². The number of aliphatic hydroxyl groups is 1. The molecule has 1 aromatic heterocycles. The van der Waals surface area contributed by atoms with Crippen LogP contribution >= 0.6 is 23.1 Å². The van der Waals surface area contributed by atoms with E-state index >= 15 is 0 Å². The van der Waals surface area contributed by atoms with Crippen molar-refractivity contribution in [1.29, 1.82) is 0 Å². The standard InChI is InChI=1S/C17H20N2O2S2/c1-12-14(23-15(19-12)13-5-3-2-4-6-13)11-18-16(20)17(21)7-9-22-10-8-17/h2-6,21H,7-11H2,1H3,(H,18,20). The molecule has 2 aromatic rings. The molecule has 1 aliphatic rings. The first-order valence-electron chi connectivity index (χ1n) is 7.69. The molecule has 23 heavy (non-hydrogen) atoms. The number of benzene rings is 1. The summed E-state index contributed by atoms with van der Waals surface area (Å²) in [4.78, 5) is 17.9. The van der Waals surface area contributed by atoms with Crippen molar-refractivity contribution < 1.29 is 9.90 Å². The molecule has 0 unspecified atom stereocenters. The summed E-state index contributed by atoms with van der Waals surface area (Å²) < 4.78 is 0. The molecule has 2 N–H and O–H groups in total. The largest absolute Gasteiger partial charge is 0.380 e. The second-order valence-corrected chi connectivity index (χ2v) is 8.03. The maximum Gasteiger partial charge on any atom is 0.252 e. The van der Waals surface area contributed by atoms with E-state index in [-0.39, 0.29) is 5.91 Å². The van der Waals surface area contributed by atoms with Gasteiger partial charge < -0.3 is 10.4 Å². The monoisotopic (exact) mass is 348 g/mol. The van der Waals surface area contributed by atoms with E-state index in [1.165, 1.54) is 0 Å². The van der Waals surface area contributed by atoms with Crippen LogP contribution in [0.3, 0.4) is 0 Å². The van der Waals surface area contributed by atoms with Gasteiger partial charge in [-0.25, -0.2) is 4.98 Å². The van der Waals surface area contributed by atoms with Gasteiger partial charge in [0.1, 0.15) is 10.6 Å². The molecule has 0 saturated carbocycles. The Labute approximate surface area is 144 Å². The number of amides is 1. The zero-order chi connectivity index (χ0) is 16.3. The zero-order valence-corrected chi connectivity index (χ0v) is 14.7. The second kappa shape index (κ2) is 7.03. The molecule has 1 amide bonds. The number of thiazole rings is 1. The third-order valence-corrected chi connectivity index (χ3v) is 6.26. The van der Waals surface area contributed by atoms with Crippen LogP contribution in [0.2, 0.25) is 0 Å². The molecule has 6 heteroatoms. The highest BCUT2D eigenvalue weighted by molar-refractivity contribution is 7.99. The molecule has 122 valence electrons. The summed E-state index contributed by atoms with van der Waals surface area (Å²) in [7, 11) is 0. The molecule has 2 heterocycles. The SMILES string of the molecule is Cc1nc(-c2ccccc2)sc1CNC(=O)C1(O)CCSCC1. The number of carbonyl (C=O) groups is 1. The van der Waals surface area contributed by atoms with Crippen LogP contribution in [0, 0.1) is 6.92 Å². The number of hydrogen-bond donors (Lipinski definition) is 2. The molecule has 1 aliphatic heterocycles. The van der Waals surface area contributed by atoms with E-state index in [4.69, 9.17) is 0 Å². The van der Waals surface area contributed by atoms with Crippen LogP contribution in [0.1, 0.15) is 23.4 Å². The van der Waals surface area contributed by atoms with Gasteiger partial charge in [-0.3, -0.25) is 4.79 Å². The first kappa shape index (κ1) is 16.5. The van der Waals surface area contributed by atoms with Crippen molar-refractivity contribution in [2.75, 3.05) is 11.5 Å². The molecule has 1 fully saturated rings. The first-order chi connectivity index (χ1) is 11.1. The summed E-state index contributed by atoms with van der Waals surface area (Å²) in [5, 5.41) is 14.3. The lowest BCUT2D eigenvalue weighted by atomic mass is 9.96. The molecule has 0 atom stereocenters. The lowest BCUT2D eigenvalue weighted by Crippen LogP contribution is -2.48. The summed E-state index contributed by atoms with van der Waals surface area (Å²) in [6.07, 6.45) is 1.06. The Morgan fingerprint density at radius 3 is 2.70 bits per heavy atom.